The smallest absolute Gasteiger partial charge is 0.164 e. The Labute approximate surface area is 363 Å². The lowest BCUT2D eigenvalue weighted by Gasteiger charge is -2.21. The van der Waals surface area contributed by atoms with Gasteiger partial charge in [-0.1, -0.05) is 172 Å². The highest BCUT2D eigenvalue weighted by molar-refractivity contribution is 6.24. The van der Waals surface area contributed by atoms with E-state index < -0.39 is 0 Å². The lowest BCUT2D eigenvalue weighted by molar-refractivity contribution is 0.660. The van der Waals surface area contributed by atoms with E-state index in [4.69, 9.17) is 19.4 Å². The van der Waals surface area contributed by atoms with Crippen LogP contribution in [0, 0.1) is 0 Å². The molecule has 0 atom stereocenters. The molecule has 0 unspecified atom stereocenters. The highest BCUT2D eigenvalue weighted by Crippen LogP contribution is 2.53. The zero-order valence-electron chi connectivity index (χ0n) is 34.7. The Morgan fingerprint density at radius 2 is 1.05 bits per heavy atom. The van der Waals surface area contributed by atoms with Crippen LogP contribution in [0.1, 0.15) is 25.0 Å². The van der Waals surface area contributed by atoms with Gasteiger partial charge in [-0.05, 0) is 75.0 Å². The summed E-state index contributed by atoms with van der Waals surface area (Å²) < 4.78 is 8.77. The van der Waals surface area contributed by atoms with E-state index in [0.717, 1.165) is 55.3 Å². The first-order valence-corrected chi connectivity index (χ1v) is 21.5. The van der Waals surface area contributed by atoms with Gasteiger partial charge in [0.1, 0.15) is 11.2 Å². The first kappa shape index (κ1) is 35.6. The Hall–Kier alpha value is -8.15. The molecule has 5 heteroatoms. The predicted molar refractivity (Wildman–Crippen MR) is 258 cm³/mol. The maximum absolute atomic E-state index is 6.32. The van der Waals surface area contributed by atoms with Crippen LogP contribution in [0.25, 0.3) is 117 Å². The van der Waals surface area contributed by atoms with Crippen molar-refractivity contribution in [3.05, 3.63) is 205 Å². The maximum Gasteiger partial charge on any atom is 0.164 e. The Bertz CT molecular complexity index is 3840. The van der Waals surface area contributed by atoms with Crippen molar-refractivity contribution in [2.24, 2.45) is 0 Å². The van der Waals surface area contributed by atoms with Gasteiger partial charge in [0.25, 0.3) is 0 Å². The van der Waals surface area contributed by atoms with Gasteiger partial charge in [0, 0.05) is 54.9 Å². The minimum Gasteiger partial charge on any atom is -0.456 e. The largest absolute Gasteiger partial charge is 0.456 e. The topological polar surface area (TPSA) is 56.7 Å². The highest BCUT2D eigenvalue weighted by atomic mass is 16.3. The van der Waals surface area contributed by atoms with Gasteiger partial charge in [-0.25, -0.2) is 15.0 Å². The molecular weight excluding hydrogens is 769 g/mol. The summed E-state index contributed by atoms with van der Waals surface area (Å²) in [5, 5.41) is 7.04. The summed E-state index contributed by atoms with van der Waals surface area (Å²) >= 11 is 0. The van der Waals surface area contributed by atoms with E-state index in [1.807, 2.05) is 54.6 Å². The SMILES string of the molecule is CC1(C)c2ccccc2-c2c(-c3cccc4c5c6ccccc6ccc5n(-c5cccc(-c6nc(-c7ccccc7)nc(-c7ccc8c(c7)oc7ccccc78)n6)c5)c34)cccc21. The van der Waals surface area contributed by atoms with Crippen LogP contribution in [-0.2, 0) is 5.41 Å². The van der Waals surface area contributed by atoms with Crippen LogP contribution in [0.3, 0.4) is 0 Å². The summed E-state index contributed by atoms with van der Waals surface area (Å²) in [6, 6.07) is 69.0. The molecule has 13 rings (SSSR count). The van der Waals surface area contributed by atoms with Crippen molar-refractivity contribution >= 4 is 54.5 Å². The van der Waals surface area contributed by atoms with Crippen LogP contribution in [0.15, 0.2) is 199 Å². The van der Waals surface area contributed by atoms with Gasteiger partial charge in [0.05, 0.1) is 11.0 Å². The number of hydrogen-bond donors (Lipinski definition) is 0. The Morgan fingerprint density at radius 1 is 0.429 bits per heavy atom. The summed E-state index contributed by atoms with van der Waals surface area (Å²) in [4.78, 5) is 15.5. The third-order valence-electron chi connectivity index (χ3n) is 13.2. The number of nitrogens with zero attached hydrogens (tertiary/aromatic N) is 4. The molecule has 0 bridgehead atoms. The van der Waals surface area contributed by atoms with Crippen molar-refractivity contribution < 1.29 is 4.42 Å². The van der Waals surface area contributed by atoms with Crippen molar-refractivity contribution in [2.45, 2.75) is 19.3 Å². The lowest BCUT2D eigenvalue weighted by atomic mass is 9.82. The molecule has 0 saturated heterocycles. The predicted octanol–water partition coefficient (Wildman–Crippen LogP) is 15.0. The summed E-state index contributed by atoms with van der Waals surface area (Å²) in [7, 11) is 0. The van der Waals surface area contributed by atoms with Gasteiger partial charge in [-0.2, -0.15) is 0 Å². The molecule has 0 N–H and O–H groups in total. The monoisotopic (exact) mass is 806 g/mol. The molecule has 1 aliphatic rings. The van der Waals surface area contributed by atoms with Crippen LogP contribution < -0.4 is 0 Å². The van der Waals surface area contributed by atoms with Crippen molar-refractivity contribution in [1.29, 1.82) is 0 Å². The maximum atomic E-state index is 6.32. The molecule has 1 aliphatic carbocycles. The second-order valence-electron chi connectivity index (χ2n) is 17.1. The Kier molecular flexibility index (Phi) is 7.58. The Morgan fingerprint density at radius 3 is 1.92 bits per heavy atom. The summed E-state index contributed by atoms with van der Waals surface area (Å²) in [5.74, 6) is 1.78. The van der Waals surface area contributed by atoms with Gasteiger partial charge in [0.2, 0.25) is 0 Å². The number of hydrogen-bond acceptors (Lipinski definition) is 4. The van der Waals surface area contributed by atoms with Gasteiger partial charge < -0.3 is 8.98 Å². The molecule has 296 valence electrons. The second kappa shape index (κ2) is 13.4. The van der Waals surface area contributed by atoms with Crippen LogP contribution >= 0.6 is 0 Å². The number of benzene rings is 9. The lowest BCUT2D eigenvalue weighted by Crippen LogP contribution is -2.14. The highest BCUT2D eigenvalue weighted by Gasteiger charge is 2.37. The molecule has 3 heterocycles. The Balaban J connectivity index is 1.05. The molecule has 3 aromatic heterocycles. The molecule has 5 nitrogen and oxygen atoms in total. The average molecular weight is 807 g/mol. The van der Waals surface area contributed by atoms with Crippen LogP contribution in [0.2, 0.25) is 0 Å². The van der Waals surface area contributed by atoms with Crippen molar-refractivity contribution in [1.82, 2.24) is 19.5 Å². The van der Waals surface area contributed by atoms with Crippen LogP contribution in [0.4, 0.5) is 0 Å². The fourth-order valence-electron chi connectivity index (χ4n) is 10.3. The van der Waals surface area contributed by atoms with E-state index in [9.17, 15) is 0 Å². The minimum atomic E-state index is -0.118. The molecule has 0 aliphatic heterocycles. The number of aromatic nitrogens is 4. The molecule has 0 fully saturated rings. The standard InChI is InChI=1S/C58H38N4O/c1-58(2)47-26-10-8-22-45(47)52-43(23-14-27-48(52)58)44-24-13-25-46-53-40-20-7-6-15-35(40)30-32-49(53)62(54(44)46)39-19-12-18-37(33-39)56-59-55(36-16-4-3-5-17-36)60-57(61-56)38-29-31-42-41-21-9-11-28-50(41)63-51(42)34-38/h3-34H,1-2H3. The zero-order chi connectivity index (χ0) is 41.8. The number of fused-ring (bicyclic) bond motifs is 11. The number of rotatable bonds is 5. The third-order valence-corrected chi connectivity index (χ3v) is 13.2. The van der Waals surface area contributed by atoms with E-state index >= 15 is 0 Å². The van der Waals surface area contributed by atoms with Crippen molar-refractivity contribution in [3.8, 4) is 62.1 Å². The van der Waals surface area contributed by atoms with Crippen LogP contribution in [0.5, 0.6) is 0 Å². The summed E-state index contributed by atoms with van der Waals surface area (Å²) in [6.07, 6.45) is 0. The van der Waals surface area contributed by atoms with E-state index in [-0.39, 0.29) is 5.41 Å². The first-order chi connectivity index (χ1) is 31.0. The molecule has 0 saturated carbocycles. The van der Waals surface area contributed by atoms with E-state index in [2.05, 4.69) is 158 Å². The van der Waals surface area contributed by atoms with Gasteiger partial charge in [-0.15, -0.1) is 0 Å². The van der Waals surface area contributed by atoms with E-state index in [1.165, 1.54) is 54.9 Å². The normalized spacial score (nSPS) is 13.0. The molecule has 0 radical (unpaired) electrons. The molecule has 12 aromatic rings. The fourth-order valence-corrected chi connectivity index (χ4v) is 10.3. The quantitative estimate of drug-likeness (QED) is 0.174. The second-order valence-corrected chi connectivity index (χ2v) is 17.1. The van der Waals surface area contributed by atoms with Crippen molar-refractivity contribution in [3.63, 3.8) is 0 Å². The summed E-state index contributed by atoms with van der Waals surface area (Å²) in [6.45, 7) is 4.70. The van der Waals surface area contributed by atoms with Gasteiger partial charge >= 0.3 is 0 Å². The first-order valence-electron chi connectivity index (χ1n) is 21.5. The molecule has 0 amide bonds. The number of para-hydroxylation sites is 2. The molecule has 0 spiro atoms. The molecule has 9 aromatic carbocycles. The average Bonchev–Trinajstić information content (AvgIpc) is 3.97. The van der Waals surface area contributed by atoms with Gasteiger partial charge in [0.15, 0.2) is 17.5 Å². The molecular formula is C58H38N4O. The van der Waals surface area contributed by atoms with E-state index in [1.54, 1.807) is 0 Å². The van der Waals surface area contributed by atoms with Crippen LogP contribution in [-0.4, -0.2) is 19.5 Å². The zero-order valence-corrected chi connectivity index (χ0v) is 34.7. The van der Waals surface area contributed by atoms with E-state index in [0.29, 0.717) is 17.5 Å². The number of furan rings is 1. The fraction of sp³-hybridized carbons (Fsp3) is 0.0517. The molecule has 63 heavy (non-hydrogen) atoms. The summed E-state index contributed by atoms with van der Waals surface area (Å²) in [5.41, 5.74) is 15.3. The third kappa shape index (κ3) is 5.33. The minimum absolute atomic E-state index is 0.118. The van der Waals surface area contributed by atoms with Gasteiger partial charge in [-0.3, -0.25) is 0 Å². The van der Waals surface area contributed by atoms with Crippen molar-refractivity contribution in [2.75, 3.05) is 0 Å².